The van der Waals surface area contributed by atoms with Crippen molar-refractivity contribution in [3.8, 4) is 22.6 Å². The molecule has 0 radical (unpaired) electrons. The molecule has 0 bridgehead atoms. The van der Waals surface area contributed by atoms with Crippen molar-refractivity contribution >= 4 is 11.8 Å². The first-order valence-corrected chi connectivity index (χ1v) is 11.1. The van der Waals surface area contributed by atoms with Crippen molar-refractivity contribution in [2.75, 3.05) is 27.3 Å². The number of hydrogen-bond acceptors (Lipinski definition) is 4. The zero-order valence-electron chi connectivity index (χ0n) is 18.9. The molecule has 6 nitrogen and oxygen atoms in total. The van der Waals surface area contributed by atoms with Crippen LogP contribution in [-0.4, -0.2) is 50.1 Å². The third-order valence-electron chi connectivity index (χ3n) is 5.97. The van der Waals surface area contributed by atoms with Gasteiger partial charge in [-0.1, -0.05) is 42.5 Å². The van der Waals surface area contributed by atoms with Crippen molar-refractivity contribution in [3.63, 3.8) is 0 Å². The van der Waals surface area contributed by atoms with Crippen molar-refractivity contribution < 1.29 is 19.1 Å². The largest absolute Gasteiger partial charge is 0.497 e. The predicted molar refractivity (Wildman–Crippen MR) is 128 cm³/mol. The molecule has 0 atom stereocenters. The predicted octanol–water partition coefficient (Wildman–Crippen LogP) is 4.41. The summed E-state index contributed by atoms with van der Waals surface area (Å²) in [6.45, 7) is 1.16. The fraction of sp³-hybridized carbons (Fsp3) is 0.259. The van der Waals surface area contributed by atoms with Crippen LogP contribution in [-0.2, 0) is 0 Å². The van der Waals surface area contributed by atoms with Crippen LogP contribution >= 0.6 is 0 Å². The minimum absolute atomic E-state index is 0.0372. The maximum atomic E-state index is 13.0. The molecule has 0 spiro atoms. The Morgan fingerprint density at radius 2 is 1.36 bits per heavy atom. The highest BCUT2D eigenvalue weighted by Crippen LogP contribution is 2.25. The maximum Gasteiger partial charge on any atom is 0.254 e. The lowest BCUT2D eigenvalue weighted by Gasteiger charge is -2.32. The number of nitrogens with one attached hydrogen (secondary N) is 1. The first-order valence-electron chi connectivity index (χ1n) is 11.1. The Labute approximate surface area is 194 Å². The number of carbonyl (C=O) groups is 2. The lowest BCUT2D eigenvalue weighted by atomic mass is 10.0. The fourth-order valence-electron chi connectivity index (χ4n) is 4.05. The molecular formula is C27H28N2O4. The number of hydrogen-bond donors (Lipinski definition) is 1. The van der Waals surface area contributed by atoms with Crippen LogP contribution in [0, 0.1) is 0 Å². The molecular weight excluding hydrogens is 416 g/mol. The van der Waals surface area contributed by atoms with Gasteiger partial charge in [0.05, 0.1) is 14.2 Å². The number of amides is 2. The third kappa shape index (κ3) is 5.34. The normalized spacial score (nSPS) is 13.9. The smallest absolute Gasteiger partial charge is 0.254 e. The summed E-state index contributed by atoms with van der Waals surface area (Å²) in [5, 5.41) is 3.11. The second-order valence-corrected chi connectivity index (χ2v) is 8.08. The Kier molecular flexibility index (Phi) is 6.93. The Morgan fingerprint density at radius 3 is 1.94 bits per heavy atom. The minimum atomic E-state index is -0.0862. The highest BCUT2D eigenvalue weighted by atomic mass is 16.5. The van der Waals surface area contributed by atoms with E-state index < -0.39 is 0 Å². The van der Waals surface area contributed by atoms with E-state index in [-0.39, 0.29) is 17.9 Å². The number of nitrogens with zero attached hydrogens (tertiary/aromatic N) is 1. The molecule has 1 heterocycles. The van der Waals surface area contributed by atoms with E-state index >= 15 is 0 Å². The number of ether oxygens (including phenoxy) is 2. The fourth-order valence-corrected chi connectivity index (χ4v) is 4.05. The van der Waals surface area contributed by atoms with Gasteiger partial charge in [-0.2, -0.15) is 0 Å². The number of methoxy groups -OCH3 is 2. The van der Waals surface area contributed by atoms with Crippen LogP contribution in [0.3, 0.4) is 0 Å². The third-order valence-corrected chi connectivity index (χ3v) is 5.97. The molecule has 1 saturated heterocycles. The average Bonchev–Trinajstić information content (AvgIpc) is 2.89. The monoisotopic (exact) mass is 444 g/mol. The van der Waals surface area contributed by atoms with Gasteiger partial charge in [0.15, 0.2) is 0 Å². The zero-order valence-corrected chi connectivity index (χ0v) is 18.9. The van der Waals surface area contributed by atoms with Crippen LogP contribution in [0.4, 0.5) is 0 Å². The molecule has 1 N–H and O–H groups in total. The van der Waals surface area contributed by atoms with Crippen molar-refractivity contribution in [2.24, 2.45) is 0 Å². The highest BCUT2D eigenvalue weighted by molar-refractivity contribution is 5.96. The van der Waals surface area contributed by atoms with Gasteiger partial charge in [0, 0.05) is 36.3 Å². The van der Waals surface area contributed by atoms with E-state index in [0.29, 0.717) is 48.6 Å². The van der Waals surface area contributed by atoms with Gasteiger partial charge in [-0.15, -0.1) is 0 Å². The summed E-state index contributed by atoms with van der Waals surface area (Å²) in [4.78, 5) is 27.5. The molecule has 0 aliphatic carbocycles. The molecule has 6 heteroatoms. The van der Waals surface area contributed by atoms with Gasteiger partial charge in [-0.3, -0.25) is 9.59 Å². The second-order valence-electron chi connectivity index (χ2n) is 8.08. The summed E-state index contributed by atoms with van der Waals surface area (Å²) in [6, 6.07) is 22.9. The van der Waals surface area contributed by atoms with Crippen LogP contribution in [0.15, 0.2) is 72.8 Å². The molecule has 1 aliphatic rings. The van der Waals surface area contributed by atoms with Crippen molar-refractivity contribution in [1.29, 1.82) is 0 Å². The Morgan fingerprint density at radius 1 is 0.788 bits per heavy atom. The first-order chi connectivity index (χ1) is 16.1. The molecule has 0 aromatic heterocycles. The quantitative estimate of drug-likeness (QED) is 0.612. The molecule has 0 saturated carbocycles. The number of piperidine rings is 1. The summed E-state index contributed by atoms with van der Waals surface area (Å²) >= 11 is 0. The van der Waals surface area contributed by atoms with E-state index in [2.05, 4.69) is 5.32 Å². The number of rotatable bonds is 6. The summed E-state index contributed by atoms with van der Waals surface area (Å²) in [5.41, 5.74) is 3.37. The lowest BCUT2D eigenvalue weighted by molar-refractivity contribution is 0.0697. The molecule has 0 unspecified atom stereocenters. The molecule has 3 aromatic rings. The van der Waals surface area contributed by atoms with E-state index in [1.807, 2.05) is 59.5 Å². The van der Waals surface area contributed by atoms with Crippen LogP contribution in [0.1, 0.15) is 33.6 Å². The molecule has 1 aliphatic heterocycles. The van der Waals surface area contributed by atoms with Crippen molar-refractivity contribution in [2.45, 2.75) is 18.9 Å². The van der Waals surface area contributed by atoms with Gasteiger partial charge in [0.2, 0.25) is 0 Å². The zero-order chi connectivity index (χ0) is 23.2. The molecule has 2 amide bonds. The number of carbonyl (C=O) groups excluding carboxylic acids is 2. The van der Waals surface area contributed by atoms with Crippen LogP contribution in [0.5, 0.6) is 11.5 Å². The Balaban J connectivity index is 1.33. The van der Waals surface area contributed by atoms with E-state index in [1.165, 1.54) is 0 Å². The molecule has 1 fully saturated rings. The van der Waals surface area contributed by atoms with E-state index in [0.717, 1.165) is 11.1 Å². The Hall–Kier alpha value is -3.80. The summed E-state index contributed by atoms with van der Waals surface area (Å²) < 4.78 is 10.5. The SMILES string of the molecule is COc1cc(OC)cc(C(=O)N2CCC(NC(=O)c3ccc(-c4ccccc4)cc3)CC2)c1. The lowest BCUT2D eigenvalue weighted by Crippen LogP contribution is -2.46. The van der Waals surface area contributed by atoms with Gasteiger partial charge in [0.1, 0.15) is 11.5 Å². The summed E-state index contributed by atoms with van der Waals surface area (Å²) in [6.07, 6.45) is 1.42. The molecule has 170 valence electrons. The van der Waals surface area contributed by atoms with E-state index in [4.69, 9.17) is 9.47 Å². The van der Waals surface area contributed by atoms with Crippen LogP contribution < -0.4 is 14.8 Å². The van der Waals surface area contributed by atoms with Crippen LogP contribution in [0.2, 0.25) is 0 Å². The average molecular weight is 445 g/mol. The Bertz CT molecular complexity index is 1080. The number of likely N-dealkylation sites (tertiary alicyclic amines) is 1. The second kappa shape index (κ2) is 10.2. The van der Waals surface area contributed by atoms with Gasteiger partial charge in [0.25, 0.3) is 11.8 Å². The summed E-state index contributed by atoms with van der Waals surface area (Å²) in [5.74, 6) is 1.02. The van der Waals surface area contributed by atoms with E-state index in [9.17, 15) is 9.59 Å². The number of benzene rings is 3. The topological polar surface area (TPSA) is 67.9 Å². The first kappa shape index (κ1) is 22.4. The minimum Gasteiger partial charge on any atom is -0.497 e. The van der Waals surface area contributed by atoms with E-state index in [1.54, 1.807) is 32.4 Å². The van der Waals surface area contributed by atoms with Gasteiger partial charge >= 0.3 is 0 Å². The maximum absolute atomic E-state index is 13.0. The standard InChI is InChI=1S/C27H28N2O4/c1-32-24-16-22(17-25(18-24)33-2)27(31)29-14-12-23(13-15-29)28-26(30)21-10-8-20(9-11-21)19-6-4-3-5-7-19/h3-11,16-18,23H,12-15H2,1-2H3,(H,28,30). The molecule has 33 heavy (non-hydrogen) atoms. The van der Waals surface area contributed by atoms with Gasteiger partial charge < -0.3 is 19.7 Å². The van der Waals surface area contributed by atoms with Crippen molar-refractivity contribution in [3.05, 3.63) is 83.9 Å². The highest BCUT2D eigenvalue weighted by Gasteiger charge is 2.25. The van der Waals surface area contributed by atoms with Gasteiger partial charge in [-0.25, -0.2) is 0 Å². The molecule has 4 rings (SSSR count). The summed E-state index contributed by atoms with van der Waals surface area (Å²) in [7, 11) is 3.12. The van der Waals surface area contributed by atoms with Gasteiger partial charge in [-0.05, 0) is 48.2 Å². The van der Waals surface area contributed by atoms with Crippen molar-refractivity contribution in [1.82, 2.24) is 10.2 Å². The molecule has 3 aromatic carbocycles. The van der Waals surface area contributed by atoms with Crippen LogP contribution in [0.25, 0.3) is 11.1 Å².